The van der Waals surface area contributed by atoms with Gasteiger partial charge in [-0.2, -0.15) is 4.98 Å². The normalized spacial score (nSPS) is 16.0. The molecule has 4 N–H and O–H groups in total. The second-order valence-corrected chi connectivity index (χ2v) is 7.20. The Morgan fingerprint density at radius 3 is 2.94 bits per heavy atom. The highest BCUT2D eigenvalue weighted by Crippen LogP contribution is 2.23. The molecule has 0 saturated carbocycles. The first kappa shape index (κ1) is 20.2. The van der Waals surface area contributed by atoms with Gasteiger partial charge in [-0.05, 0) is 43.2 Å². The molecule has 3 aromatic rings. The molecular weight excluding hydrogens is 396 g/mol. The molecule has 1 aliphatic heterocycles. The Labute approximate surface area is 178 Å². The van der Waals surface area contributed by atoms with Gasteiger partial charge < -0.3 is 21.3 Å². The fourth-order valence-corrected chi connectivity index (χ4v) is 3.54. The summed E-state index contributed by atoms with van der Waals surface area (Å²) in [5.41, 5.74) is 6.94. The molecule has 0 aliphatic carbocycles. The lowest BCUT2D eigenvalue weighted by Crippen LogP contribution is -2.44. The lowest BCUT2D eigenvalue weighted by molar-refractivity contribution is -0.127. The van der Waals surface area contributed by atoms with Crippen LogP contribution in [0.1, 0.15) is 23.3 Å². The molecule has 1 unspecified atom stereocenters. The van der Waals surface area contributed by atoms with Crippen molar-refractivity contribution >= 4 is 40.2 Å². The molecule has 0 bridgehead atoms. The molecule has 158 valence electrons. The maximum atomic E-state index is 11.9. The predicted molar refractivity (Wildman–Crippen MR) is 117 cm³/mol. The van der Waals surface area contributed by atoms with E-state index in [1.807, 2.05) is 30.3 Å². The van der Waals surface area contributed by atoms with Gasteiger partial charge in [-0.3, -0.25) is 14.6 Å². The summed E-state index contributed by atoms with van der Waals surface area (Å²) in [5, 5.41) is 15.2. The summed E-state index contributed by atoms with van der Waals surface area (Å²) in [4.78, 5) is 34.2. The zero-order valence-corrected chi connectivity index (χ0v) is 16.8. The van der Waals surface area contributed by atoms with E-state index in [2.05, 4.69) is 37.4 Å². The van der Waals surface area contributed by atoms with Crippen LogP contribution in [0.4, 0.5) is 17.5 Å². The first-order chi connectivity index (χ1) is 15.0. The maximum absolute atomic E-state index is 11.9. The Hall–Kier alpha value is -4.08. The van der Waals surface area contributed by atoms with Crippen LogP contribution in [0.3, 0.4) is 0 Å². The quantitative estimate of drug-likeness (QED) is 0.516. The first-order valence-electron chi connectivity index (χ1n) is 9.87. The van der Waals surface area contributed by atoms with Gasteiger partial charge in [0.15, 0.2) is 11.5 Å². The van der Waals surface area contributed by atoms with Crippen LogP contribution >= 0.6 is 0 Å². The predicted octanol–water partition coefficient (Wildman–Crippen LogP) is 1.85. The average molecular weight is 418 g/mol. The monoisotopic (exact) mass is 418 g/mol. The van der Waals surface area contributed by atoms with Crippen molar-refractivity contribution in [1.82, 2.24) is 25.1 Å². The van der Waals surface area contributed by atoms with Gasteiger partial charge in [0.2, 0.25) is 11.9 Å². The van der Waals surface area contributed by atoms with Gasteiger partial charge in [0.05, 0.1) is 5.52 Å². The Bertz CT molecular complexity index is 1150. The number of nitrogens with one attached hydrogen (secondary N) is 2. The van der Waals surface area contributed by atoms with Gasteiger partial charge in [-0.25, -0.2) is 0 Å². The Balaban J connectivity index is 1.56. The third-order valence-corrected chi connectivity index (χ3v) is 5.03. The van der Waals surface area contributed by atoms with Crippen molar-refractivity contribution in [3.05, 3.63) is 54.9 Å². The number of likely N-dealkylation sites (tertiary alicyclic amines) is 1. The lowest BCUT2D eigenvalue weighted by Gasteiger charge is -2.32. The lowest BCUT2D eigenvalue weighted by atomic mass is 10.1. The number of piperidine rings is 1. The molecule has 31 heavy (non-hydrogen) atoms. The zero-order valence-electron chi connectivity index (χ0n) is 16.8. The van der Waals surface area contributed by atoms with Crippen molar-refractivity contribution in [3.63, 3.8) is 0 Å². The number of anilines is 3. The van der Waals surface area contributed by atoms with E-state index in [1.165, 1.54) is 6.08 Å². The van der Waals surface area contributed by atoms with Crippen LogP contribution in [0.5, 0.6) is 0 Å². The molecule has 3 heterocycles. The standard InChI is InChI=1S/C21H22N8O2/c1-2-17(30)29-10-4-6-15(12-29)25-21-26-20(18(19(22)31)27-28-21)24-14-7-8-16-13(11-14)5-3-9-23-16/h2-3,5,7-9,11,15H,1,4,6,10,12H2,(H2,22,31)(H2,24,25,26,28). The van der Waals surface area contributed by atoms with E-state index in [0.717, 1.165) is 23.7 Å². The number of aromatic nitrogens is 4. The van der Waals surface area contributed by atoms with Crippen LogP contribution in [0.15, 0.2) is 49.2 Å². The summed E-state index contributed by atoms with van der Waals surface area (Å²) in [6, 6.07) is 9.32. The minimum atomic E-state index is -0.739. The Morgan fingerprint density at radius 2 is 2.13 bits per heavy atom. The van der Waals surface area contributed by atoms with Crippen molar-refractivity contribution in [1.29, 1.82) is 0 Å². The van der Waals surface area contributed by atoms with Crippen LogP contribution in [0.2, 0.25) is 0 Å². The van der Waals surface area contributed by atoms with E-state index in [1.54, 1.807) is 11.1 Å². The summed E-state index contributed by atoms with van der Waals surface area (Å²) in [5.74, 6) is -0.407. The van der Waals surface area contributed by atoms with Crippen molar-refractivity contribution < 1.29 is 9.59 Å². The zero-order chi connectivity index (χ0) is 21.8. The van der Waals surface area contributed by atoms with Gasteiger partial charge in [-0.15, -0.1) is 10.2 Å². The molecule has 1 atom stereocenters. The van der Waals surface area contributed by atoms with E-state index < -0.39 is 5.91 Å². The molecule has 1 saturated heterocycles. The van der Waals surface area contributed by atoms with Gasteiger partial charge in [0.1, 0.15) is 0 Å². The van der Waals surface area contributed by atoms with E-state index in [4.69, 9.17) is 5.73 Å². The van der Waals surface area contributed by atoms with Gasteiger partial charge >= 0.3 is 0 Å². The van der Waals surface area contributed by atoms with Gasteiger partial charge in [-0.1, -0.05) is 12.6 Å². The fourth-order valence-electron chi connectivity index (χ4n) is 3.54. The van der Waals surface area contributed by atoms with Gasteiger partial charge in [0, 0.05) is 36.4 Å². The average Bonchev–Trinajstić information content (AvgIpc) is 2.78. The number of rotatable bonds is 6. The van der Waals surface area contributed by atoms with Crippen molar-refractivity contribution in [2.75, 3.05) is 23.7 Å². The van der Waals surface area contributed by atoms with Crippen molar-refractivity contribution in [2.45, 2.75) is 18.9 Å². The van der Waals surface area contributed by atoms with Crippen molar-refractivity contribution in [3.8, 4) is 0 Å². The number of hydrogen-bond donors (Lipinski definition) is 3. The smallest absolute Gasteiger partial charge is 0.273 e. The third kappa shape index (κ3) is 4.58. The molecule has 2 aromatic heterocycles. The molecule has 1 aliphatic rings. The van der Waals surface area contributed by atoms with E-state index in [9.17, 15) is 9.59 Å². The summed E-state index contributed by atoms with van der Waals surface area (Å²) in [7, 11) is 0. The number of benzene rings is 1. The molecule has 10 heteroatoms. The molecule has 4 rings (SSSR count). The maximum Gasteiger partial charge on any atom is 0.273 e. The minimum absolute atomic E-state index is 0.0431. The van der Waals surface area contributed by atoms with Crippen molar-refractivity contribution in [2.24, 2.45) is 5.73 Å². The van der Waals surface area contributed by atoms with E-state index >= 15 is 0 Å². The highest BCUT2D eigenvalue weighted by atomic mass is 16.2. The molecule has 0 spiro atoms. The number of hydrogen-bond acceptors (Lipinski definition) is 8. The van der Waals surface area contributed by atoms with Crippen LogP contribution in [-0.4, -0.2) is 56.0 Å². The number of nitrogens with zero attached hydrogens (tertiary/aromatic N) is 5. The molecule has 1 fully saturated rings. The summed E-state index contributed by atoms with van der Waals surface area (Å²) in [6.07, 6.45) is 4.73. The number of primary amides is 1. The highest BCUT2D eigenvalue weighted by Gasteiger charge is 2.23. The van der Waals surface area contributed by atoms with Crippen LogP contribution in [0.25, 0.3) is 10.9 Å². The Morgan fingerprint density at radius 1 is 1.26 bits per heavy atom. The molecule has 1 aromatic carbocycles. The Kier molecular flexibility index (Phi) is 5.69. The van der Waals surface area contributed by atoms with E-state index in [-0.39, 0.29) is 29.4 Å². The minimum Gasteiger partial charge on any atom is -0.364 e. The second kappa shape index (κ2) is 8.74. The van der Waals surface area contributed by atoms with Gasteiger partial charge in [0.25, 0.3) is 5.91 Å². The SMILES string of the molecule is C=CC(=O)N1CCCC(Nc2nnc(C(N)=O)c(Nc3ccc4ncccc4c3)n2)C1. The second-order valence-electron chi connectivity index (χ2n) is 7.20. The fraction of sp³-hybridized carbons (Fsp3) is 0.238. The summed E-state index contributed by atoms with van der Waals surface area (Å²) >= 11 is 0. The number of pyridine rings is 1. The number of fused-ring (bicyclic) bond motifs is 1. The number of amides is 2. The van der Waals surface area contributed by atoms with Crippen LogP contribution in [0, 0.1) is 0 Å². The number of carbonyl (C=O) groups excluding carboxylic acids is 2. The number of nitrogens with two attached hydrogens (primary N) is 1. The molecule has 0 radical (unpaired) electrons. The highest BCUT2D eigenvalue weighted by molar-refractivity contribution is 5.96. The summed E-state index contributed by atoms with van der Waals surface area (Å²) in [6.45, 7) is 4.73. The van der Waals surface area contributed by atoms with E-state index in [0.29, 0.717) is 18.8 Å². The molecule has 2 amide bonds. The molecular formula is C21H22N8O2. The third-order valence-electron chi connectivity index (χ3n) is 5.03. The molecule has 10 nitrogen and oxygen atoms in total. The summed E-state index contributed by atoms with van der Waals surface area (Å²) < 4.78 is 0. The first-order valence-corrected chi connectivity index (χ1v) is 9.87. The topological polar surface area (TPSA) is 139 Å². The van der Waals surface area contributed by atoms with Crippen LogP contribution < -0.4 is 16.4 Å². The number of carbonyl (C=O) groups is 2. The largest absolute Gasteiger partial charge is 0.364 e. The van der Waals surface area contributed by atoms with Crippen LogP contribution in [-0.2, 0) is 4.79 Å².